The molecule has 4 amide bonds. The van der Waals surface area contributed by atoms with E-state index in [9.17, 15) is 28.8 Å². The molecule has 338 valence electrons. The van der Waals surface area contributed by atoms with Gasteiger partial charge in [-0.1, -0.05) is 99.8 Å². The van der Waals surface area contributed by atoms with Crippen LogP contribution >= 0.6 is 0 Å². The second-order valence-electron chi connectivity index (χ2n) is 15.7. The first kappa shape index (κ1) is 49.2. The summed E-state index contributed by atoms with van der Waals surface area (Å²) >= 11 is 0. The van der Waals surface area contributed by atoms with Crippen molar-refractivity contribution in [1.29, 1.82) is 0 Å². The molecule has 2 unspecified atom stereocenters. The van der Waals surface area contributed by atoms with Crippen molar-refractivity contribution in [2.45, 2.75) is 111 Å². The fourth-order valence-electron chi connectivity index (χ4n) is 6.63. The van der Waals surface area contributed by atoms with Gasteiger partial charge >= 0.3 is 11.9 Å². The lowest BCUT2D eigenvalue weighted by Crippen LogP contribution is -2.48. The Morgan fingerprint density at radius 1 is 0.810 bits per heavy atom. The summed E-state index contributed by atoms with van der Waals surface area (Å²) < 4.78 is 22.6. The SMILES string of the molecule is CCCCCC(C(=O)NCNC(=O)c1ccc(-c2ccc(C(=O)NC(CC(=O)OCc3ccccc3)C(=O)OC(C)(C)C)c(OCC)c2)o1)[C@@H](CC)N(C=O)OCc1ccccc1. The van der Waals surface area contributed by atoms with E-state index in [0.717, 1.165) is 30.4 Å². The predicted octanol–water partition coefficient (Wildman–Crippen LogP) is 7.29. The molecule has 1 heterocycles. The first-order valence-electron chi connectivity index (χ1n) is 21.3. The standard InChI is InChI=1S/C48H60N4O11/c1-7-10-13-22-36(39(8-2)52(32-53)61-30-34-20-16-12-17-21-34)44(55)49-31-50-46(57)41-26-25-40(62-41)35-23-24-37(42(27-35)59-9-3)45(56)51-38(47(58)63-48(4,5)6)28-43(54)60-29-33-18-14-11-15-19-33/h11-12,14-21,23-27,32,36,38-39H,7-10,13,22,28-31H2,1-6H3,(H,49,55)(H,50,57)(H,51,56)/t36?,38?,39-/m1/s1. The summed E-state index contributed by atoms with van der Waals surface area (Å²) in [6.45, 7) is 10.9. The number of hydrogen-bond acceptors (Lipinski definition) is 11. The molecule has 3 aromatic carbocycles. The van der Waals surface area contributed by atoms with Crippen LogP contribution in [-0.4, -0.2) is 72.1 Å². The molecule has 0 fully saturated rings. The van der Waals surface area contributed by atoms with Crippen LogP contribution in [0.1, 0.15) is 112 Å². The fourth-order valence-corrected chi connectivity index (χ4v) is 6.63. The average Bonchev–Trinajstić information content (AvgIpc) is 3.77. The molecule has 0 aliphatic carbocycles. The lowest BCUT2D eigenvalue weighted by Gasteiger charge is -2.32. The lowest BCUT2D eigenvalue weighted by molar-refractivity contribution is -0.200. The second kappa shape index (κ2) is 24.8. The van der Waals surface area contributed by atoms with E-state index in [2.05, 4.69) is 22.9 Å². The molecule has 3 atom stereocenters. The van der Waals surface area contributed by atoms with E-state index < -0.39 is 53.8 Å². The maximum atomic E-state index is 13.7. The van der Waals surface area contributed by atoms with Crippen molar-refractivity contribution >= 4 is 36.1 Å². The molecular formula is C48H60N4O11. The van der Waals surface area contributed by atoms with Crippen molar-refractivity contribution in [1.82, 2.24) is 21.0 Å². The number of carbonyl (C=O) groups is 6. The Bertz CT molecular complexity index is 2100. The highest BCUT2D eigenvalue weighted by Gasteiger charge is 2.33. The molecular weight excluding hydrogens is 809 g/mol. The van der Waals surface area contributed by atoms with Gasteiger partial charge in [-0.2, -0.15) is 0 Å². The van der Waals surface area contributed by atoms with Crippen LogP contribution in [0.3, 0.4) is 0 Å². The minimum Gasteiger partial charge on any atom is -0.493 e. The van der Waals surface area contributed by atoms with Gasteiger partial charge < -0.3 is 34.6 Å². The van der Waals surface area contributed by atoms with Gasteiger partial charge in [0.25, 0.3) is 11.8 Å². The van der Waals surface area contributed by atoms with Crippen LogP contribution in [0.2, 0.25) is 0 Å². The highest BCUT2D eigenvalue weighted by atomic mass is 16.7. The number of benzene rings is 3. The Morgan fingerprint density at radius 2 is 1.49 bits per heavy atom. The molecule has 3 N–H and O–H groups in total. The van der Waals surface area contributed by atoms with Gasteiger partial charge in [0.15, 0.2) is 5.76 Å². The summed E-state index contributed by atoms with van der Waals surface area (Å²) in [7, 11) is 0. The molecule has 0 aliphatic rings. The number of nitrogens with zero attached hydrogens (tertiary/aromatic N) is 1. The Hall–Kier alpha value is -6.48. The Kier molecular flexibility index (Phi) is 19.4. The van der Waals surface area contributed by atoms with Gasteiger partial charge in [0.05, 0.1) is 37.2 Å². The molecule has 0 saturated heterocycles. The van der Waals surface area contributed by atoms with Crippen LogP contribution < -0.4 is 20.7 Å². The highest BCUT2D eigenvalue weighted by molar-refractivity contribution is 6.00. The average molecular weight is 869 g/mol. The van der Waals surface area contributed by atoms with E-state index in [0.29, 0.717) is 24.8 Å². The zero-order chi connectivity index (χ0) is 45.8. The zero-order valence-corrected chi connectivity index (χ0v) is 37.0. The molecule has 4 aromatic rings. The molecule has 0 saturated carbocycles. The van der Waals surface area contributed by atoms with Crippen molar-refractivity contribution in [3.63, 3.8) is 0 Å². The number of hydroxylamine groups is 2. The van der Waals surface area contributed by atoms with Gasteiger partial charge in [0, 0.05) is 5.56 Å². The largest absolute Gasteiger partial charge is 0.493 e. The first-order chi connectivity index (χ1) is 30.3. The van der Waals surface area contributed by atoms with E-state index >= 15 is 0 Å². The van der Waals surface area contributed by atoms with Gasteiger partial charge in [-0.05, 0) is 75.9 Å². The fraction of sp³-hybridized carbons (Fsp3) is 0.417. The molecule has 63 heavy (non-hydrogen) atoms. The van der Waals surface area contributed by atoms with E-state index in [1.165, 1.54) is 17.2 Å². The van der Waals surface area contributed by atoms with Crippen molar-refractivity contribution in [2.24, 2.45) is 5.92 Å². The monoisotopic (exact) mass is 868 g/mol. The minimum absolute atomic E-state index is 0.00878. The molecule has 15 nitrogen and oxygen atoms in total. The quantitative estimate of drug-likeness (QED) is 0.0199. The van der Waals surface area contributed by atoms with Crippen LogP contribution in [0.25, 0.3) is 11.3 Å². The van der Waals surface area contributed by atoms with Crippen LogP contribution in [-0.2, 0) is 46.7 Å². The van der Waals surface area contributed by atoms with Crippen LogP contribution in [0.15, 0.2) is 95.4 Å². The minimum atomic E-state index is -1.37. The van der Waals surface area contributed by atoms with E-state index in [4.69, 9.17) is 23.5 Å². The number of carbonyl (C=O) groups excluding carboxylic acids is 6. The molecule has 0 radical (unpaired) electrons. The summed E-state index contributed by atoms with van der Waals surface area (Å²) in [5.74, 6) is -3.33. The van der Waals surface area contributed by atoms with Gasteiger partial charge in [0.1, 0.15) is 36.4 Å². The number of furan rings is 1. The molecule has 0 spiro atoms. The summed E-state index contributed by atoms with van der Waals surface area (Å²) in [6, 6.07) is 24.3. The van der Waals surface area contributed by atoms with Crippen molar-refractivity contribution < 1.29 is 52.2 Å². The Morgan fingerprint density at radius 3 is 2.11 bits per heavy atom. The van der Waals surface area contributed by atoms with Crippen LogP contribution in [0, 0.1) is 5.92 Å². The molecule has 4 rings (SSSR count). The lowest BCUT2D eigenvalue weighted by atomic mass is 9.90. The number of esters is 2. The molecule has 1 aromatic heterocycles. The maximum absolute atomic E-state index is 13.7. The third-order valence-electron chi connectivity index (χ3n) is 9.75. The normalized spacial score (nSPS) is 12.5. The number of hydrogen-bond donors (Lipinski definition) is 3. The number of nitrogens with one attached hydrogen (secondary N) is 3. The van der Waals surface area contributed by atoms with Crippen LogP contribution in [0.5, 0.6) is 5.75 Å². The third kappa shape index (κ3) is 15.7. The topological polar surface area (TPSA) is 192 Å². The second-order valence-corrected chi connectivity index (χ2v) is 15.7. The van der Waals surface area contributed by atoms with Gasteiger partial charge in [-0.25, -0.2) is 9.86 Å². The van der Waals surface area contributed by atoms with E-state index in [-0.39, 0.29) is 55.2 Å². The molecule has 15 heteroatoms. The Labute approximate surface area is 369 Å². The summed E-state index contributed by atoms with van der Waals surface area (Å²) in [5, 5.41) is 9.28. The van der Waals surface area contributed by atoms with Gasteiger partial charge in [-0.15, -0.1) is 0 Å². The smallest absolute Gasteiger partial charge is 0.329 e. The molecule has 0 bridgehead atoms. The van der Waals surface area contributed by atoms with Crippen molar-refractivity contribution in [3.8, 4) is 17.1 Å². The maximum Gasteiger partial charge on any atom is 0.329 e. The predicted molar refractivity (Wildman–Crippen MR) is 235 cm³/mol. The highest BCUT2D eigenvalue weighted by Crippen LogP contribution is 2.30. The number of unbranched alkanes of at least 4 members (excludes halogenated alkanes) is 2. The molecule has 0 aliphatic heterocycles. The van der Waals surface area contributed by atoms with E-state index in [1.54, 1.807) is 58.0 Å². The van der Waals surface area contributed by atoms with Crippen molar-refractivity contribution in [2.75, 3.05) is 13.3 Å². The van der Waals surface area contributed by atoms with Crippen LogP contribution in [0.4, 0.5) is 0 Å². The summed E-state index contributed by atoms with van der Waals surface area (Å²) in [5.41, 5.74) is 1.30. The summed E-state index contributed by atoms with van der Waals surface area (Å²) in [4.78, 5) is 84.5. The van der Waals surface area contributed by atoms with E-state index in [1.807, 2.05) is 55.5 Å². The third-order valence-corrected chi connectivity index (χ3v) is 9.75. The number of amides is 4. The first-order valence-corrected chi connectivity index (χ1v) is 21.3. The van der Waals surface area contributed by atoms with Gasteiger partial charge in [0.2, 0.25) is 12.3 Å². The zero-order valence-electron chi connectivity index (χ0n) is 37.0. The van der Waals surface area contributed by atoms with Crippen molar-refractivity contribution in [3.05, 3.63) is 113 Å². The summed E-state index contributed by atoms with van der Waals surface area (Å²) in [6.07, 6.45) is 3.75. The number of ether oxygens (including phenoxy) is 3. The Balaban J connectivity index is 1.41. The number of rotatable bonds is 25. The van der Waals surface area contributed by atoms with Gasteiger partial charge in [-0.3, -0.25) is 28.8 Å².